The molecule has 2 rings (SSSR count). The first kappa shape index (κ1) is 14.4. The fourth-order valence-corrected chi connectivity index (χ4v) is 3.59. The van der Waals surface area contributed by atoms with Crippen molar-refractivity contribution in [1.29, 1.82) is 0 Å². The number of hydrogen-bond donors (Lipinski definition) is 1. The fourth-order valence-electron chi connectivity index (χ4n) is 3.59. The maximum atomic E-state index is 12.7. The van der Waals surface area contributed by atoms with E-state index in [0.29, 0.717) is 12.3 Å². The SMILES string of the molecule is CCCC1NC(=O)C(CC)N(C2CCCC2C)C1=O. The first-order chi connectivity index (χ1) is 9.10. The lowest BCUT2D eigenvalue weighted by Gasteiger charge is -2.43. The molecule has 0 spiro atoms. The number of amides is 2. The summed E-state index contributed by atoms with van der Waals surface area (Å²) >= 11 is 0. The fraction of sp³-hybridized carbons (Fsp3) is 0.867. The van der Waals surface area contributed by atoms with Crippen molar-refractivity contribution in [2.24, 2.45) is 5.92 Å². The van der Waals surface area contributed by atoms with Crippen molar-refractivity contribution in [1.82, 2.24) is 10.2 Å². The summed E-state index contributed by atoms with van der Waals surface area (Å²) in [5.74, 6) is 0.706. The average Bonchev–Trinajstić information content (AvgIpc) is 2.79. The Morgan fingerprint density at radius 2 is 2.00 bits per heavy atom. The van der Waals surface area contributed by atoms with E-state index in [-0.39, 0.29) is 29.9 Å². The van der Waals surface area contributed by atoms with Gasteiger partial charge in [-0.1, -0.05) is 33.6 Å². The Balaban J connectivity index is 2.23. The molecule has 2 aliphatic rings. The van der Waals surface area contributed by atoms with Crippen LogP contribution in [0.3, 0.4) is 0 Å². The maximum Gasteiger partial charge on any atom is 0.246 e. The molecule has 1 N–H and O–H groups in total. The Bertz CT molecular complexity index is 356. The molecule has 108 valence electrons. The monoisotopic (exact) mass is 266 g/mol. The number of carbonyl (C=O) groups is 2. The van der Waals surface area contributed by atoms with Crippen molar-refractivity contribution >= 4 is 11.8 Å². The van der Waals surface area contributed by atoms with Gasteiger partial charge in [-0.2, -0.15) is 0 Å². The van der Waals surface area contributed by atoms with Gasteiger partial charge in [-0.15, -0.1) is 0 Å². The van der Waals surface area contributed by atoms with Gasteiger partial charge in [0.25, 0.3) is 0 Å². The molecule has 2 amide bonds. The van der Waals surface area contributed by atoms with E-state index < -0.39 is 0 Å². The maximum absolute atomic E-state index is 12.7. The van der Waals surface area contributed by atoms with Crippen molar-refractivity contribution < 1.29 is 9.59 Å². The lowest BCUT2D eigenvalue weighted by molar-refractivity contribution is -0.153. The average molecular weight is 266 g/mol. The van der Waals surface area contributed by atoms with Crippen LogP contribution in [0, 0.1) is 5.92 Å². The topological polar surface area (TPSA) is 49.4 Å². The van der Waals surface area contributed by atoms with Crippen LogP contribution in [0.25, 0.3) is 0 Å². The first-order valence-corrected chi connectivity index (χ1v) is 7.72. The molecule has 4 nitrogen and oxygen atoms in total. The third kappa shape index (κ3) is 2.63. The molecule has 0 bridgehead atoms. The molecule has 1 heterocycles. The van der Waals surface area contributed by atoms with Gasteiger partial charge in [0.2, 0.25) is 11.8 Å². The molecule has 0 aromatic rings. The molecule has 1 aliphatic heterocycles. The third-order valence-corrected chi connectivity index (χ3v) is 4.65. The van der Waals surface area contributed by atoms with Crippen LogP contribution >= 0.6 is 0 Å². The summed E-state index contributed by atoms with van der Waals surface area (Å²) in [4.78, 5) is 26.8. The van der Waals surface area contributed by atoms with Gasteiger partial charge in [0.1, 0.15) is 12.1 Å². The summed E-state index contributed by atoms with van der Waals surface area (Å²) in [6.07, 6.45) is 5.77. The standard InChI is InChI=1S/C15H26N2O2/c1-4-7-11-15(19)17(12(5-2)14(18)16-11)13-9-6-8-10(13)3/h10-13H,4-9H2,1-3H3,(H,16,18). The Kier molecular flexibility index (Phi) is 4.48. The number of carbonyl (C=O) groups excluding carboxylic acids is 2. The summed E-state index contributed by atoms with van der Waals surface area (Å²) < 4.78 is 0. The van der Waals surface area contributed by atoms with E-state index in [9.17, 15) is 9.59 Å². The number of rotatable bonds is 4. The van der Waals surface area contributed by atoms with Gasteiger partial charge in [0.15, 0.2) is 0 Å². The molecular weight excluding hydrogens is 240 g/mol. The Morgan fingerprint density at radius 3 is 2.53 bits per heavy atom. The van der Waals surface area contributed by atoms with E-state index in [2.05, 4.69) is 12.2 Å². The molecule has 1 saturated heterocycles. The van der Waals surface area contributed by atoms with Crippen LogP contribution in [0.5, 0.6) is 0 Å². The summed E-state index contributed by atoms with van der Waals surface area (Å²) in [5.41, 5.74) is 0. The molecule has 0 aromatic heterocycles. The quantitative estimate of drug-likeness (QED) is 0.847. The highest BCUT2D eigenvalue weighted by Gasteiger charge is 2.44. The van der Waals surface area contributed by atoms with Crippen LogP contribution in [0.4, 0.5) is 0 Å². The van der Waals surface area contributed by atoms with Crippen LogP contribution in [-0.4, -0.2) is 34.8 Å². The van der Waals surface area contributed by atoms with Gasteiger partial charge in [0.05, 0.1) is 0 Å². The minimum absolute atomic E-state index is 0.0413. The number of piperazine rings is 1. The molecule has 0 aromatic carbocycles. The molecule has 1 saturated carbocycles. The van der Waals surface area contributed by atoms with Crippen molar-refractivity contribution in [2.75, 3.05) is 0 Å². The molecule has 2 fully saturated rings. The zero-order valence-corrected chi connectivity index (χ0v) is 12.3. The molecule has 0 radical (unpaired) electrons. The Morgan fingerprint density at radius 1 is 1.26 bits per heavy atom. The second-order valence-electron chi connectivity index (χ2n) is 5.99. The second-order valence-corrected chi connectivity index (χ2v) is 5.99. The van der Waals surface area contributed by atoms with E-state index in [1.165, 1.54) is 12.8 Å². The summed E-state index contributed by atoms with van der Waals surface area (Å²) in [6.45, 7) is 6.25. The minimum atomic E-state index is -0.298. The minimum Gasteiger partial charge on any atom is -0.343 e. The molecule has 19 heavy (non-hydrogen) atoms. The van der Waals surface area contributed by atoms with Crippen LogP contribution in [0.15, 0.2) is 0 Å². The van der Waals surface area contributed by atoms with Crippen LogP contribution in [-0.2, 0) is 9.59 Å². The molecule has 4 heteroatoms. The highest BCUT2D eigenvalue weighted by Crippen LogP contribution is 2.33. The highest BCUT2D eigenvalue weighted by molar-refractivity contribution is 5.97. The van der Waals surface area contributed by atoms with Crippen LogP contribution < -0.4 is 5.32 Å². The lowest BCUT2D eigenvalue weighted by atomic mass is 9.95. The smallest absolute Gasteiger partial charge is 0.246 e. The van der Waals surface area contributed by atoms with Gasteiger partial charge in [-0.3, -0.25) is 9.59 Å². The zero-order chi connectivity index (χ0) is 14.0. The predicted octanol–water partition coefficient (Wildman–Crippen LogP) is 2.08. The van der Waals surface area contributed by atoms with Gasteiger partial charge < -0.3 is 10.2 Å². The van der Waals surface area contributed by atoms with Gasteiger partial charge in [-0.05, 0) is 31.6 Å². The first-order valence-electron chi connectivity index (χ1n) is 7.72. The zero-order valence-electron chi connectivity index (χ0n) is 12.3. The third-order valence-electron chi connectivity index (χ3n) is 4.65. The van der Waals surface area contributed by atoms with Gasteiger partial charge in [-0.25, -0.2) is 0 Å². The van der Waals surface area contributed by atoms with Gasteiger partial charge in [0, 0.05) is 6.04 Å². The largest absolute Gasteiger partial charge is 0.343 e. The summed E-state index contributed by atoms with van der Waals surface area (Å²) in [7, 11) is 0. The number of nitrogens with zero attached hydrogens (tertiary/aromatic N) is 1. The Labute approximate surface area is 115 Å². The molecule has 4 unspecified atom stereocenters. The van der Waals surface area contributed by atoms with E-state index in [0.717, 1.165) is 19.3 Å². The summed E-state index contributed by atoms with van der Waals surface area (Å²) in [5, 5.41) is 2.91. The number of nitrogens with one attached hydrogen (secondary N) is 1. The van der Waals surface area contributed by atoms with Crippen molar-refractivity contribution in [2.45, 2.75) is 77.4 Å². The van der Waals surface area contributed by atoms with Crippen molar-refractivity contribution in [3.8, 4) is 0 Å². The van der Waals surface area contributed by atoms with Gasteiger partial charge >= 0.3 is 0 Å². The predicted molar refractivity (Wildman–Crippen MR) is 74.6 cm³/mol. The van der Waals surface area contributed by atoms with Crippen molar-refractivity contribution in [3.63, 3.8) is 0 Å². The van der Waals surface area contributed by atoms with E-state index >= 15 is 0 Å². The number of hydrogen-bond acceptors (Lipinski definition) is 2. The van der Waals surface area contributed by atoms with E-state index in [1.54, 1.807) is 0 Å². The Hall–Kier alpha value is -1.06. The molecular formula is C15H26N2O2. The highest BCUT2D eigenvalue weighted by atomic mass is 16.2. The molecule has 4 atom stereocenters. The normalized spacial score (nSPS) is 35.6. The lowest BCUT2D eigenvalue weighted by Crippen LogP contribution is -2.65. The second kappa shape index (κ2) is 5.93. The van der Waals surface area contributed by atoms with E-state index in [4.69, 9.17) is 0 Å². The van der Waals surface area contributed by atoms with Crippen molar-refractivity contribution in [3.05, 3.63) is 0 Å². The summed E-state index contributed by atoms with van der Waals surface area (Å²) in [6, 6.07) is -0.290. The molecule has 1 aliphatic carbocycles. The van der Waals surface area contributed by atoms with Crippen LogP contribution in [0.2, 0.25) is 0 Å². The van der Waals surface area contributed by atoms with E-state index in [1.807, 2.05) is 18.7 Å². The van der Waals surface area contributed by atoms with Crippen LogP contribution in [0.1, 0.15) is 59.3 Å².